The van der Waals surface area contributed by atoms with Crippen molar-refractivity contribution >= 4 is 11.6 Å². The molecule has 9 nitrogen and oxygen atoms in total. The van der Waals surface area contributed by atoms with Crippen LogP contribution in [0.1, 0.15) is 16.1 Å². The van der Waals surface area contributed by atoms with Crippen LogP contribution in [-0.4, -0.2) is 35.2 Å². The van der Waals surface area contributed by atoms with Gasteiger partial charge in [-0.1, -0.05) is 6.07 Å². The average Bonchev–Trinajstić information content (AvgIpc) is 3.02. The van der Waals surface area contributed by atoms with E-state index in [2.05, 4.69) is 15.5 Å². The number of methoxy groups -OCH3 is 2. The Morgan fingerprint density at radius 1 is 1.36 bits per heavy atom. The maximum atomic E-state index is 11.9. The van der Waals surface area contributed by atoms with Crippen molar-refractivity contribution in [3.05, 3.63) is 45.8 Å². The summed E-state index contributed by atoms with van der Waals surface area (Å²) in [5, 5.41) is 19.1. The van der Waals surface area contributed by atoms with E-state index >= 15 is 0 Å². The van der Waals surface area contributed by atoms with E-state index in [4.69, 9.17) is 9.47 Å². The van der Waals surface area contributed by atoms with Crippen molar-refractivity contribution in [1.29, 1.82) is 0 Å². The summed E-state index contributed by atoms with van der Waals surface area (Å²) in [6.07, 6.45) is 0.991. The molecule has 1 amide bonds. The predicted octanol–water partition coefficient (Wildman–Crippen LogP) is 1.27. The summed E-state index contributed by atoms with van der Waals surface area (Å²) in [6, 6.07) is 5.17. The molecule has 0 radical (unpaired) electrons. The number of hydrogen-bond acceptors (Lipinski definition) is 6. The number of benzene rings is 1. The van der Waals surface area contributed by atoms with Crippen LogP contribution in [-0.2, 0) is 6.54 Å². The third-order valence-corrected chi connectivity index (χ3v) is 2.94. The Labute approximate surface area is 125 Å². The van der Waals surface area contributed by atoms with E-state index < -0.39 is 10.8 Å². The molecule has 2 aromatic rings. The third-order valence-electron chi connectivity index (χ3n) is 2.94. The number of hydrogen-bond donors (Lipinski definition) is 2. The number of amides is 1. The normalized spacial score (nSPS) is 10.1. The molecule has 0 aliphatic rings. The van der Waals surface area contributed by atoms with Gasteiger partial charge in [-0.3, -0.25) is 20.0 Å². The number of nitrogens with zero attached hydrogens (tertiary/aromatic N) is 2. The smallest absolute Gasteiger partial charge is 0.319 e. The molecule has 9 heteroatoms. The number of nitrogens with one attached hydrogen (secondary N) is 2. The molecule has 1 aromatic heterocycles. The second kappa shape index (κ2) is 6.57. The zero-order chi connectivity index (χ0) is 16.1. The van der Waals surface area contributed by atoms with E-state index in [0.717, 1.165) is 11.8 Å². The summed E-state index contributed by atoms with van der Waals surface area (Å²) in [5.41, 5.74) is 0.198. The minimum Gasteiger partial charge on any atom is -0.493 e. The van der Waals surface area contributed by atoms with Gasteiger partial charge in [0.15, 0.2) is 11.5 Å². The number of nitro groups is 1. The fourth-order valence-electron chi connectivity index (χ4n) is 1.85. The third kappa shape index (κ3) is 3.14. The van der Waals surface area contributed by atoms with Crippen LogP contribution in [0, 0.1) is 10.1 Å². The maximum Gasteiger partial charge on any atom is 0.319 e. The first-order valence-electron chi connectivity index (χ1n) is 6.23. The highest BCUT2D eigenvalue weighted by Gasteiger charge is 2.22. The lowest BCUT2D eigenvalue weighted by atomic mass is 10.2. The van der Waals surface area contributed by atoms with Gasteiger partial charge in [-0.25, -0.2) is 0 Å². The van der Waals surface area contributed by atoms with Gasteiger partial charge in [0, 0.05) is 6.54 Å². The molecule has 0 aliphatic heterocycles. The van der Waals surface area contributed by atoms with E-state index in [-0.39, 0.29) is 17.9 Å². The van der Waals surface area contributed by atoms with E-state index in [9.17, 15) is 14.9 Å². The number of carbonyl (C=O) groups is 1. The van der Waals surface area contributed by atoms with Crippen molar-refractivity contribution in [2.75, 3.05) is 14.2 Å². The van der Waals surface area contributed by atoms with Gasteiger partial charge in [-0.05, 0) is 17.7 Å². The second-order valence-corrected chi connectivity index (χ2v) is 4.26. The first kappa shape index (κ1) is 15.3. The number of aromatic nitrogens is 2. The van der Waals surface area contributed by atoms with Crippen LogP contribution in [0.3, 0.4) is 0 Å². The lowest BCUT2D eigenvalue weighted by Gasteiger charge is -2.10. The Morgan fingerprint density at radius 3 is 2.73 bits per heavy atom. The van der Waals surface area contributed by atoms with Gasteiger partial charge < -0.3 is 14.8 Å². The molecule has 2 N–H and O–H groups in total. The first-order valence-corrected chi connectivity index (χ1v) is 6.23. The van der Waals surface area contributed by atoms with Gasteiger partial charge in [0.05, 0.1) is 19.1 Å². The molecule has 116 valence electrons. The van der Waals surface area contributed by atoms with E-state index in [1.807, 2.05) is 0 Å². The van der Waals surface area contributed by atoms with Crippen LogP contribution >= 0.6 is 0 Å². The van der Waals surface area contributed by atoms with Crippen molar-refractivity contribution in [1.82, 2.24) is 15.5 Å². The van der Waals surface area contributed by atoms with Crippen LogP contribution < -0.4 is 14.8 Å². The Bertz CT molecular complexity index is 697. The largest absolute Gasteiger partial charge is 0.493 e. The minimum absolute atomic E-state index is 0.176. The molecule has 0 saturated carbocycles. The molecule has 0 aliphatic carbocycles. The predicted molar refractivity (Wildman–Crippen MR) is 76.0 cm³/mol. The highest BCUT2D eigenvalue weighted by atomic mass is 16.6. The second-order valence-electron chi connectivity index (χ2n) is 4.26. The molecule has 2 rings (SSSR count). The molecular weight excluding hydrogens is 292 g/mol. The fraction of sp³-hybridized carbons (Fsp3) is 0.231. The van der Waals surface area contributed by atoms with Gasteiger partial charge in [0.1, 0.15) is 6.20 Å². The van der Waals surface area contributed by atoms with Gasteiger partial charge in [0.25, 0.3) is 5.91 Å². The van der Waals surface area contributed by atoms with Crippen molar-refractivity contribution in [3.63, 3.8) is 0 Å². The SMILES string of the molecule is COc1ccc(CNC(=O)c2[nH]ncc2[N+](=O)[O-])cc1OC. The fourth-order valence-corrected chi connectivity index (χ4v) is 1.85. The summed E-state index contributed by atoms with van der Waals surface area (Å²) in [5.74, 6) is 0.488. The lowest BCUT2D eigenvalue weighted by molar-refractivity contribution is -0.385. The van der Waals surface area contributed by atoms with Crippen LogP contribution in [0.25, 0.3) is 0 Å². The van der Waals surface area contributed by atoms with Gasteiger partial charge >= 0.3 is 5.69 Å². The minimum atomic E-state index is -0.672. The summed E-state index contributed by atoms with van der Waals surface area (Å²) in [7, 11) is 3.03. The zero-order valence-corrected chi connectivity index (χ0v) is 12.0. The topological polar surface area (TPSA) is 119 Å². The molecule has 0 bridgehead atoms. The van der Waals surface area contributed by atoms with E-state index in [1.165, 1.54) is 14.2 Å². The summed E-state index contributed by atoms with van der Waals surface area (Å²) < 4.78 is 10.3. The monoisotopic (exact) mass is 306 g/mol. The molecule has 0 fully saturated rings. The van der Waals surface area contributed by atoms with Crippen molar-refractivity contribution in [3.8, 4) is 11.5 Å². The molecule has 1 heterocycles. The maximum absolute atomic E-state index is 11.9. The molecular formula is C13H14N4O5. The highest BCUT2D eigenvalue weighted by Crippen LogP contribution is 2.27. The van der Waals surface area contributed by atoms with Crippen molar-refractivity contribution in [2.45, 2.75) is 6.54 Å². The highest BCUT2D eigenvalue weighted by molar-refractivity contribution is 5.95. The molecule has 1 aromatic carbocycles. The van der Waals surface area contributed by atoms with Crippen molar-refractivity contribution in [2.24, 2.45) is 0 Å². The number of rotatable bonds is 6. The number of carbonyl (C=O) groups excluding carboxylic acids is 1. The number of aromatic amines is 1. The molecule has 0 unspecified atom stereocenters. The average molecular weight is 306 g/mol. The van der Waals surface area contributed by atoms with Gasteiger partial charge in [-0.15, -0.1) is 0 Å². The van der Waals surface area contributed by atoms with Crippen molar-refractivity contribution < 1.29 is 19.2 Å². The van der Waals surface area contributed by atoms with Gasteiger partial charge in [0.2, 0.25) is 5.69 Å². The quantitative estimate of drug-likeness (QED) is 0.612. The Morgan fingerprint density at radius 2 is 2.09 bits per heavy atom. The molecule has 0 atom stereocenters. The Hall–Kier alpha value is -3.10. The summed E-state index contributed by atoms with van der Waals surface area (Å²) in [4.78, 5) is 22.0. The van der Waals surface area contributed by atoms with E-state index in [1.54, 1.807) is 18.2 Å². The number of ether oxygens (including phenoxy) is 2. The van der Waals surface area contributed by atoms with Crippen LogP contribution in [0.5, 0.6) is 11.5 Å². The number of H-pyrrole nitrogens is 1. The first-order chi connectivity index (χ1) is 10.6. The summed E-state index contributed by atoms with van der Waals surface area (Å²) >= 11 is 0. The Kier molecular flexibility index (Phi) is 4.57. The van der Waals surface area contributed by atoms with E-state index in [0.29, 0.717) is 11.5 Å². The molecule has 0 spiro atoms. The Balaban J connectivity index is 2.08. The standard InChI is InChI=1S/C13H14N4O5/c1-21-10-4-3-8(5-11(10)22-2)6-14-13(18)12-9(17(19)20)7-15-16-12/h3-5,7H,6H2,1-2H3,(H,14,18)(H,15,16). The lowest BCUT2D eigenvalue weighted by Crippen LogP contribution is -2.24. The zero-order valence-electron chi connectivity index (χ0n) is 12.0. The molecule has 22 heavy (non-hydrogen) atoms. The summed E-state index contributed by atoms with van der Waals surface area (Å²) in [6.45, 7) is 0.176. The van der Waals surface area contributed by atoms with Crippen LogP contribution in [0.15, 0.2) is 24.4 Å². The van der Waals surface area contributed by atoms with Crippen LogP contribution in [0.2, 0.25) is 0 Å². The van der Waals surface area contributed by atoms with Gasteiger partial charge in [-0.2, -0.15) is 5.10 Å². The molecule has 0 saturated heterocycles. The van der Waals surface area contributed by atoms with Crippen LogP contribution in [0.4, 0.5) is 5.69 Å².